The number of ether oxygens (including phenoxy) is 1. The summed E-state index contributed by atoms with van der Waals surface area (Å²) in [7, 11) is 0. The van der Waals surface area contributed by atoms with Crippen LogP contribution in [0.15, 0.2) is 48.5 Å². The third-order valence-electron chi connectivity index (χ3n) is 3.49. The van der Waals surface area contributed by atoms with Gasteiger partial charge in [0.05, 0.1) is 0 Å². The Balaban J connectivity index is 2.44. The predicted molar refractivity (Wildman–Crippen MR) is 84.4 cm³/mol. The second kappa shape index (κ2) is 6.19. The van der Waals surface area contributed by atoms with E-state index in [4.69, 9.17) is 22.1 Å². The third kappa shape index (κ3) is 3.19. The van der Waals surface area contributed by atoms with Gasteiger partial charge in [-0.15, -0.1) is 0 Å². The summed E-state index contributed by atoms with van der Waals surface area (Å²) in [6, 6.07) is 14.7. The zero-order chi connectivity index (χ0) is 15.5. The molecule has 0 aliphatic heterocycles. The van der Waals surface area contributed by atoms with E-state index in [1.165, 1.54) is 0 Å². The zero-order valence-electron chi connectivity index (χ0n) is 12.1. The molecule has 0 saturated heterocycles. The molecule has 1 unspecified atom stereocenters. The smallest absolute Gasteiger partial charge is 0.266 e. The Bertz CT molecular complexity index is 657. The molecular formula is C17H18ClNO2. The first-order chi connectivity index (χ1) is 9.97. The number of carbonyl (C=O) groups excluding carboxylic acids is 1. The first-order valence-electron chi connectivity index (χ1n) is 6.80. The number of amides is 1. The van der Waals surface area contributed by atoms with Gasteiger partial charge in [-0.05, 0) is 37.1 Å². The number of halogens is 1. The normalized spacial score (nSPS) is 13.5. The van der Waals surface area contributed by atoms with Crippen LogP contribution in [0.4, 0.5) is 0 Å². The van der Waals surface area contributed by atoms with E-state index in [2.05, 4.69) is 6.92 Å². The first kappa shape index (κ1) is 15.4. The molecule has 2 aromatic rings. The average molecular weight is 304 g/mol. The molecule has 0 aromatic heterocycles. The molecule has 0 heterocycles. The van der Waals surface area contributed by atoms with E-state index < -0.39 is 11.5 Å². The summed E-state index contributed by atoms with van der Waals surface area (Å²) in [6.45, 7) is 3.69. The van der Waals surface area contributed by atoms with Gasteiger partial charge in [0, 0.05) is 10.6 Å². The summed E-state index contributed by atoms with van der Waals surface area (Å²) >= 11 is 6.19. The summed E-state index contributed by atoms with van der Waals surface area (Å²) < 4.78 is 5.91. The lowest BCUT2D eigenvalue weighted by Crippen LogP contribution is -2.43. The van der Waals surface area contributed by atoms with E-state index in [-0.39, 0.29) is 0 Å². The van der Waals surface area contributed by atoms with Crippen LogP contribution >= 0.6 is 11.6 Å². The molecule has 2 rings (SSSR count). The number of carbonyl (C=O) groups is 1. The van der Waals surface area contributed by atoms with Gasteiger partial charge in [0.15, 0.2) is 0 Å². The van der Waals surface area contributed by atoms with Crippen molar-refractivity contribution >= 4 is 17.5 Å². The highest BCUT2D eigenvalue weighted by Gasteiger charge is 2.37. The molecule has 0 bridgehead atoms. The van der Waals surface area contributed by atoms with Crippen LogP contribution in [-0.2, 0) is 16.8 Å². The average Bonchev–Trinajstić information content (AvgIpc) is 2.47. The van der Waals surface area contributed by atoms with E-state index in [0.717, 1.165) is 12.0 Å². The molecule has 0 saturated carbocycles. The molecule has 0 fully saturated rings. The van der Waals surface area contributed by atoms with E-state index in [9.17, 15) is 4.79 Å². The van der Waals surface area contributed by atoms with Crippen LogP contribution in [0.1, 0.15) is 25.0 Å². The van der Waals surface area contributed by atoms with E-state index in [0.29, 0.717) is 16.3 Å². The SMILES string of the molecule is CCc1cccc(OC(C)(C(N)=O)c2ccccc2Cl)c1. The Kier molecular flexibility index (Phi) is 4.53. The van der Waals surface area contributed by atoms with E-state index in [1.54, 1.807) is 37.3 Å². The highest BCUT2D eigenvalue weighted by Crippen LogP contribution is 2.33. The Morgan fingerprint density at radius 3 is 2.57 bits per heavy atom. The summed E-state index contributed by atoms with van der Waals surface area (Å²) in [6.07, 6.45) is 0.885. The molecule has 0 radical (unpaired) electrons. The minimum absolute atomic E-state index is 0.449. The topological polar surface area (TPSA) is 52.3 Å². The predicted octanol–water partition coefficient (Wildman–Crippen LogP) is 3.68. The molecule has 110 valence electrons. The lowest BCUT2D eigenvalue weighted by Gasteiger charge is -2.29. The summed E-state index contributed by atoms with van der Waals surface area (Å²) in [4.78, 5) is 12.0. The van der Waals surface area contributed by atoms with Crippen molar-refractivity contribution in [3.63, 3.8) is 0 Å². The van der Waals surface area contributed by atoms with Crippen LogP contribution < -0.4 is 10.5 Å². The third-order valence-corrected chi connectivity index (χ3v) is 3.82. The van der Waals surface area contributed by atoms with Gasteiger partial charge < -0.3 is 10.5 Å². The van der Waals surface area contributed by atoms with E-state index in [1.807, 2.05) is 18.2 Å². The van der Waals surface area contributed by atoms with Crippen molar-refractivity contribution in [2.45, 2.75) is 25.9 Å². The van der Waals surface area contributed by atoms with Crippen molar-refractivity contribution in [2.75, 3.05) is 0 Å². The number of nitrogens with two attached hydrogens (primary N) is 1. The van der Waals surface area contributed by atoms with Crippen LogP contribution in [0.25, 0.3) is 0 Å². The second-order valence-corrected chi connectivity index (χ2v) is 5.39. The van der Waals surface area contributed by atoms with Crippen molar-refractivity contribution in [1.29, 1.82) is 0 Å². The highest BCUT2D eigenvalue weighted by molar-refractivity contribution is 6.31. The van der Waals surface area contributed by atoms with Gasteiger partial charge in [-0.2, -0.15) is 0 Å². The Labute approximate surface area is 129 Å². The second-order valence-electron chi connectivity index (χ2n) is 4.98. The fraction of sp³-hybridized carbons (Fsp3) is 0.235. The van der Waals surface area contributed by atoms with Crippen LogP contribution in [0.3, 0.4) is 0 Å². The molecule has 2 aromatic carbocycles. The lowest BCUT2D eigenvalue weighted by molar-refractivity contribution is -0.132. The van der Waals surface area contributed by atoms with Gasteiger partial charge in [-0.1, -0.05) is 48.9 Å². The molecule has 0 aliphatic carbocycles. The minimum Gasteiger partial charge on any atom is -0.473 e. The molecule has 1 atom stereocenters. The van der Waals surface area contributed by atoms with Crippen LogP contribution in [0.5, 0.6) is 5.75 Å². The number of rotatable bonds is 5. The van der Waals surface area contributed by atoms with Gasteiger partial charge in [0.1, 0.15) is 5.75 Å². The van der Waals surface area contributed by atoms with Gasteiger partial charge in [0.2, 0.25) is 5.60 Å². The Morgan fingerprint density at radius 1 is 1.24 bits per heavy atom. The standard InChI is InChI=1S/C17H18ClNO2/c1-3-12-7-6-8-13(11-12)21-17(2,16(19)20)14-9-4-5-10-15(14)18/h4-11H,3H2,1-2H3,(H2,19,20). The number of aryl methyl sites for hydroxylation is 1. The zero-order valence-corrected chi connectivity index (χ0v) is 12.9. The molecular weight excluding hydrogens is 286 g/mol. The van der Waals surface area contributed by atoms with Gasteiger partial charge in [-0.25, -0.2) is 0 Å². The molecule has 0 spiro atoms. The monoisotopic (exact) mass is 303 g/mol. The van der Waals surface area contributed by atoms with Crippen molar-refractivity contribution in [1.82, 2.24) is 0 Å². The lowest BCUT2D eigenvalue weighted by atomic mass is 9.94. The largest absolute Gasteiger partial charge is 0.473 e. The van der Waals surface area contributed by atoms with Crippen molar-refractivity contribution in [3.8, 4) is 5.75 Å². The fourth-order valence-corrected chi connectivity index (χ4v) is 2.47. The van der Waals surface area contributed by atoms with Gasteiger partial charge in [0.25, 0.3) is 5.91 Å². The molecule has 2 N–H and O–H groups in total. The number of primary amides is 1. The Hall–Kier alpha value is -2.00. The molecule has 3 nitrogen and oxygen atoms in total. The number of hydrogen-bond acceptors (Lipinski definition) is 2. The maximum atomic E-state index is 12.0. The molecule has 0 aliphatic rings. The van der Waals surface area contributed by atoms with Crippen LogP contribution in [0, 0.1) is 0 Å². The minimum atomic E-state index is -1.31. The van der Waals surface area contributed by atoms with Crippen molar-refractivity contribution in [3.05, 3.63) is 64.7 Å². The van der Waals surface area contributed by atoms with Gasteiger partial charge >= 0.3 is 0 Å². The molecule has 21 heavy (non-hydrogen) atoms. The highest BCUT2D eigenvalue weighted by atomic mass is 35.5. The summed E-state index contributed by atoms with van der Waals surface area (Å²) in [5.41, 5.74) is 5.93. The molecule has 1 amide bonds. The van der Waals surface area contributed by atoms with Crippen molar-refractivity contribution in [2.24, 2.45) is 5.73 Å². The quantitative estimate of drug-likeness (QED) is 0.916. The first-order valence-corrected chi connectivity index (χ1v) is 7.18. The van der Waals surface area contributed by atoms with Crippen LogP contribution in [0.2, 0.25) is 5.02 Å². The fourth-order valence-electron chi connectivity index (χ4n) is 2.15. The van der Waals surface area contributed by atoms with Gasteiger partial charge in [-0.3, -0.25) is 4.79 Å². The maximum Gasteiger partial charge on any atom is 0.266 e. The summed E-state index contributed by atoms with van der Waals surface area (Å²) in [5, 5.41) is 0.449. The summed E-state index contributed by atoms with van der Waals surface area (Å²) in [5.74, 6) is 0.00747. The molecule has 4 heteroatoms. The number of benzene rings is 2. The Morgan fingerprint density at radius 2 is 1.95 bits per heavy atom. The maximum absolute atomic E-state index is 12.0. The van der Waals surface area contributed by atoms with Crippen LogP contribution in [-0.4, -0.2) is 5.91 Å². The van der Waals surface area contributed by atoms with E-state index >= 15 is 0 Å². The number of hydrogen-bond donors (Lipinski definition) is 1. The van der Waals surface area contributed by atoms with Crippen molar-refractivity contribution < 1.29 is 9.53 Å².